The van der Waals surface area contributed by atoms with Crippen LogP contribution in [0.4, 0.5) is 5.95 Å². The van der Waals surface area contributed by atoms with Crippen molar-refractivity contribution in [2.45, 2.75) is 19.9 Å². The topological polar surface area (TPSA) is 86.1 Å². The molecule has 1 N–H and O–H groups in total. The van der Waals surface area contributed by atoms with E-state index in [2.05, 4.69) is 15.4 Å². The first-order chi connectivity index (χ1) is 17.5. The van der Waals surface area contributed by atoms with Gasteiger partial charge in [-0.15, -0.1) is 0 Å². The van der Waals surface area contributed by atoms with Gasteiger partial charge in [0.05, 0.1) is 12.2 Å². The first-order valence-corrected chi connectivity index (χ1v) is 13.7. The lowest BCUT2D eigenvalue weighted by atomic mass is 9.95. The maximum atomic E-state index is 14.9. The summed E-state index contributed by atoms with van der Waals surface area (Å²) in [6.07, 6.45) is 1.55. The normalized spacial score (nSPS) is 15.2. The third-order valence-corrected chi connectivity index (χ3v) is 9.32. The third kappa shape index (κ3) is 4.38. The predicted molar refractivity (Wildman–Crippen MR) is 141 cm³/mol. The number of nitrogens with zero attached hydrogens (tertiary/aromatic N) is 3. The molecule has 182 valence electrons. The van der Waals surface area contributed by atoms with Gasteiger partial charge in [-0.2, -0.15) is 10.1 Å². The maximum Gasteiger partial charge on any atom is 0.338 e. The molecule has 8 heteroatoms. The van der Waals surface area contributed by atoms with Crippen molar-refractivity contribution < 1.29 is 14.1 Å². The summed E-state index contributed by atoms with van der Waals surface area (Å²) in [5.41, 5.74) is 2.87. The van der Waals surface area contributed by atoms with Crippen molar-refractivity contribution in [2.75, 3.05) is 18.1 Å². The zero-order chi connectivity index (χ0) is 25.1. The Hall–Kier alpha value is -3.96. The molecule has 1 atom stereocenters. The number of nitrogens with one attached hydrogen (secondary N) is 1. The molecule has 0 saturated carbocycles. The molecule has 0 amide bonds. The van der Waals surface area contributed by atoms with Crippen molar-refractivity contribution in [1.82, 2.24) is 14.8 Å². The number of hydrogen-bond acceptors (Lipinski definition) is 6. The van der Waals surface area contributed by atoms with Crippen molar-refractivity contribution in [3.8, 4) is 0 Å². The third-order valence-electron chi connectivity index (χ3n) is 6.29. The van der Waals surface area contributed by atoms with E-state index in [1.54, 1.807) is 11.6 Å². The van der Waals surface area contributed by atoms with E-state index in [0.29, 0.717) is 27.8 Å². The van der Waals surface area contributed by atoms with Gasteiger partial charge in [0.15, 0.2) is 0 Å². The number of aromatic nitrogens is 3. The second-order valence-corrected chi connectivity index (χ2v) is 11.5. The lowest BCUT2D eigenvalue weighted by Crippen LogP contribution is -2.33. The summed E-state index contributed by atoms with van der Waals surface area (Å²) >= 11 is 0. The zero-order valence-corrected chi connectivity index (χ0v) is 21.1. The van der Waals surface area contributed by atoms with Gasteiger partial charge in [-0.25, -0.2) is 9.48 Å². The van der Waals surface area contributed by atoms with Gasteiger partial charge >= 0.3 is 5.97 Å². The number of esters is 1. The summed E-state index contributed by atoms with van der Waals surface area (Å²) < 4.78 is 22.1. The van der Waals surface area contributed by atoms with Crippen molar-refractivity contribution in [2.24, 2.45) is 0 Å². The van der Waals surface area contributed by atoms with Crippen LogP contribution in [0, 0.1) is 6.92 Å². The van der Waals surface area contributed by atoms with Gasteiger partial charge in [-0.3, -0.25) is 0 Å². The summed E-state index contributed by atoms with van der Waals surface area (Å²) in [6, 6.07) is 26.2. The number of fused-ring (bicyclic) bond motifs is 1. The number of hydrogen-bond donors (Lipinski definition) is 1. The number of ether oxygens (including phenoxy) is 1. The van der Waals surface area contributed by atoms with Crippen LogP contribution in [0.5, 0.6) is 0 Å². The SMILES string of the molecule is CCOC(=O)C1=C(CP(=O)(c2ccccc2)c2ccccc2)Nc2ncnn2C1c1ccc(C)cc1. The first-order valence-electron chi connectivity index (χ1n) is 11.8. The minimum absolute atomic E-state index is 0.102. The van der Waals surface area contributed by atoms with Crippen LogP contribution in [0.15, 0.2) is 103 Å². The summed E-state index contributed by atoms with van der Waals surface area (Å²) in [4.78, 5) is 17.9. The molecule has 1 aliphatic heterocycles. The lowest BCUT2D eigenvalue weighted by molar-refractivity contribution is -0.139. The van der Waals surface area contributed by atoms with Crippen LogP contribution in [0.3, 0.4) is 0 Å². The number of carbonyl (C=O) groups excluding carboxylic acids is 1. The fourth-order valence-corrected chi connectivity index (χ4v) is 7.20. The molecule has 0 radical (unpaired) electrons. The average molecular weight is 499 g/mol. The van der Waals surface area contributed by atoms with E-state index in [9.17, 15) is 9.36 Å². The molecule has 5 rings (SSSR count). The van der Waals surface area contributed by atoms with Crippen molar-refractivity contribution in [1.29, 1.82) is 0 Å². The van der Waals surface area contributed by atoms with Gasteiger partial charge < -0.3 is 14.6 Å². The van der Waals surface area contributed by atoms with Gasteiger partial charge in [-0.1, -0.05) is 90.5 Å². The van der Waals surface area contributed by atoms with Crippen molar-refractivity contribution in [3.05, 3.63) is 114 Å². The van der Waals surface area contributed by atoms with Gasteiger partial charge in [0, 0.05) is 22.5 Å². The Bertz CT molecular complexity index is 1400. The summed E-state index contributed by atoms with van der Waals surface area (Å²) in [5, 5.41) is 9.11. The van der Waals surface area contributed by atoms with Gasteiger partial charge in [0.25, 0.3) is 0 Å². The molecule has 0 aliphatic carbocycles. The molecule has 0 fully saturated rings. The second kappa shape index (κ2) is 9.96. The van der Waals surface area contributed by atoms with Crippen LogP contribution in [0.2, 0.25) is 0 Å². The van der Waals surface area contributed by atoms with Crippen molar-refractivity contribution in [3.63, 3.8) is 0 Å². The van der Waals surface area contributed by atoms with E-state index in [0.717, 1.165) is 11.1 Å². The minimum Gasteiger partial charge on any atom is -0.463 e. The van der Waals surface area contributed by atoms with Crippen LogP contribution in [0.25, 0.3) is 0 Å². The quantitative estimate of drug-likeness (QED) is 0.300. The number of benzene rings is 3. The van der Waals surface area contributed by atoms with Crippen molar-refractivity contribution >= 4 is 29.7 Å². The molecule has 4 aromatic rings. The lowest BCUT2D eigenvalue weighted by Gasteiger charge is -2.31. The highest BCUT2D eigenvalue weighted by Crippen LogP contribution is 2.48. The highest BCUT2D eigenvalue weighted by Gasteiger charge is 2.39. The average Bonchev–Trinajstić information content (AvgIpc) is 3.38. The van der Waals surface area contributed by atoms with E-state index >= 15 is 0 Å². The van der Waals surface area contributed by atoms with E-state index in [-0.39, 0.29) is 12.8 Å². The highest BCUT2D eigenvalue weighted by atomic mass is 31.2. The fraction of sp³-hybridized carbons (Fsp3) is 0.179. The Morgan fingerprint density at radius 2 is 1.58 bits per heavy atom. The maximum absolute atomic E-state index is 14.9. The van der Waals surface area contributed by atoms with E-state index in [4.69, 9.17) is 4.74 Å². The van der Waals surface area contributed by atoms with Gasteiger partial charge in [-0.05, 0) is 19.4 Å². The molecule has 1 unspecified atom stereocenters. The van der Waals surface area contributed by atoms with Gasteiger partial charge in [0.2, 0.25) is 5.95 Å². The zero-order valence-electron chi connectivity index (χ0n) is 20.2. The number of allylic oxidation sites excluding steroid dienone is 1. The minimum atomic E-state index is -3.19. The smallest absolute Gasteiger partial charge is 0.338 e. The molecule has 2 heterocycles. The standard InChI is InChI=1S/C28H27N4O3P/c1-3-35-27(33)25-24(18-36(34,22-10-6-4-7-11-22)23-12-8-5-9-13-23)31-28-29-19-30-32(28)26(25)21-16-14-20(2)15-17-21/h4-17,19,26H,3,18H2,1-2H3,(H,29,30,31). The van der Waals surface area contributed by atoms with E-state index < -0.39 is 19.2 Å². The Labute approximate surface area is 210 Å². The van der Waals surface area contributed by atoms with E-state index in [1.165, 1.54) is 6.33 Å². The highest BCUT2D eigenvalue weighted by molar-refractivity contribution is 7.78. The monoisotopic (exact) mass is 498 g/mol. The molecule has 36 heavy (non-hydrogen) atoms. The number of rotatable bonds is 7. The molecule has 3 aromatic carbocycles. The largest absolute Gasteiger partial charge is 0.463 e. The van der Waals surface area contributed by atoms with E-state index in [1.807, 2.05) is 91.9 Å². The predicted octanol–water partition coefficient (Wildman–Crippen LogP) is 4.43. The van der Waals surface area contributed by atoms with Crippen LogP contribution >= 0.6 is 7.14 Å². The summed E-state index contributed by atoms with van der Waals surface area (Å²) in [7, 11) is -3.19. The Morgan fingerprint density at radius 1 is 0.972 bits per heavy atom. The second-order valence-electron chi connectivity index (χ2n) is 8.65. The van der Waals surface area contributed by atoms with Gasteiger partial charge in [0.1, 0.15) is 19.5 Å². The molecule has 1 aliphatic rings. The molecule has 1 aromatic heterocycles. The molecular weight excluding hydrogens is 471 g/mol. The summed E-state index contributed by atoms with van der Waals surface area (Å²) in [5.74, 6) is 0.00990. The molecule has 0 bridgehead atoms. The number of anilines is 1. The molecule has 0 saturated heterocycles. The summed E-state index contributed by atoms with van der Waals surface area (Å²) in [6.45, 7) is 4.00. The number of aryl methyl sites for hydroxylation is 1. The van der Waals surface area contributed by atoms with Crippen LogP contribution in [0.1, 0.15) is 24.1 Å². The molecule has 7 nitrogen and oxygen atoms in total. The number of carbonyl (C=O) groups is 1. The Balaban J connectivity index is 1.72. The Kier molecular flexibility index (Phi) is 6.57. The molecular formula is C28H27N4O3P. The molecule has 0 spiro atoms. The van der Waals surface area contributed by atoms with Crippen LogP contribution in [-0.4, -0.2) is 33.5 Å². The van der Waals surface area contributed by atoms with Crippen LogP contribution < -0.4 is 15.9 Å². The first kappa shape index (κ1) is 23.8. The Morgan fingerprint density at radius 3 is 2.17 bits per heavy atom. The fourth-order valence-electron chi connectivity index (χ4n) is 4.53. The van der Waals surface area contributed by atoms with Crippen LogP contribution in [-0.2, 0) is 14.1 Å².